The Balaban J connectivity index is 3.82. The van der Waals surface area contributed by atoms with Crippen LogP contribution in [0.15, 0.2) is 0 Å². The molecular weight excluding hydrogens is 689 g/mol. The Hall–Kier alpha value is -1.06. The molecule has 56 heavy (non-hydrogen) atoms. The first-order valence-electron chi connectivity index (χ1n) is 26.0. The van der Waals surface area contributed by atoms with Gasteiger partial charge in [0.15, 0.2) is 0 Å². The highest BCUT2D eigenvalue weighted by molar-refractivity contribution is 5.71. The van der Waals surface area contributed by atoms with E-state index >= 15 is 0 Å². The van der Waals surface area contributed by atoms with Crippen molar-refractivity contribution in [1.82, 2.24) is 0 Å². The molecule has 0 radical (unpaired) electrons. The molecule has 4 heteroatoms. The number of esters is 2. The van der Waals surface area contributed by atoms with Gasteiger partial charge in [-0.15, -0.1) is 0 Å². The van der Waals surface area contributed by atoms with E-state index in [0.29, 0.717) is 19.3 Å². The molecule has 0 unspecified atom stereocenters. The van der Waals surface area contributed by atoms with Gasteiger partial charge in [-0.1, -0.05) is 278 Å². The van der Waals surface area contributed by atoms with Crippen LogP contribution in [-0.2, 0) is 19.1 Å². The van der Waals surface area contributed by atoms with Gasteiger partial charge in [0.25, 0.3) is 0 Å². The van der Waals surface area contributed by atoms with Crippen molar-refractivity contribution in [2.45, 2.75) is 322 Å². The Morgan fingerprint density at radius 3 is 0.661 bits per heavy atom. The largest absolute Gasteiger partial charge is 0.425 e. The molecule has 0 aliphatic rings. The number of hydrogen-bond donors (Lipinski definition) is 0. The minimum atomic E-state index is -0.711. The van der Waals surface area contributed by atoms with Crippen molar-refractivity contribution in [3.63, 3.8) is 0 Å². The van der Waals surface area contributed by atoms with E-state index in [1.807, 2.05) is 0 Å². The van der Waals surface area contributed by atoms with Crippen LogP contribution in [0.4, 0.5) is 0 Å². The second kappa shape index (κ2) is 48.3. The number of carbonyl (C=O) groups excluding carboxylic acids is 2. The van der Waals surface area contributed by atoms with Gasteiger partial charge >= 0.3 is 11.9 Å². The van der Waals surface area contributed by atoms with Gasteiger partial charge < -0.3 is 9.47 Å². The zero-order valence-electron chi connectivity index (χ0n) is 38.7. The van der Waals surface area contributed by atoms with E-state index in [1.54, 1.807) is 0 Å². The van der Waals surface area contributed by atoms with Crippen LogP contribution in [0, 0.1) is 0 Å². The normalized spacial score (nSPS) is 11.5. The van der Waals surface area contributed by atoms with Crippen LogP contribution in [0.25, 0.3) is 0 Å². The van der Waals surface area contributed by atoms with E-state index in [9.17, 15) is 9.59 Å². The molecule has 0 atom stereocenters. The maximum Gasteiger partial charge on any atom is 0.308 e. The van der Waals surface area contributed by atoms with Crippen LogP contribution in [0.2, 0.25) is 0 Å². The van der Waals surface area contributed by atoms with Crippen molar-refractivity contribution in [3.05, 3.63) is 0 Å². The molecule has 0 aromatic carbocycles. The summed E-state index contributed by atoms with van der Waals surface area (Å²) >= 11 is 0. The first-order chi connectivity index (χ1) is 27.6. The highest BCUT2D eigenvalue weighted by atomic mass is 16.7. The van der Waals surface area contributed by atoms with E-state index in [1.165, 1.54) is 238 Å². The van der Waals surface area contributed by atoms with Crippen molar-refractivity contribution in [2.24, 2.45) is 0 Å². The van der Waals surface area contributed by atoms with Crippen LogP contribution in [0.5, 0.6) is 0 Å². The number of ether oxygens (including phenoxy) is 2. The van der Waals surface area contributed by atoms with Crippen LogP contribution in [0.1, 0.15) is 316 Å². The molecule has 0 aliphatic carbocycles. The summed E-state index contributed by atoms with van der Waals surface area (Å²) in [6, 6.07) is 0. The van der Waals surface area contributed by atoms with Crippen molar-refractivity contribution < 1.29 is 19.1 Å². The molecule has 4 nitrogen and oxygen atoms in total. The molecule has 0 fully saturated rings. The highest BCUT2D eigenvalue weighted by Crippen LogP contribution is 2.18. The molecule has 334 valence electrons. The van der Waals surface area contributed by atoms with Gasteiger partial charge in [0.1, 0.15) is 0 Å². The molecule has 0 aromatic heterocycles. The lowest BCUT2D eigenvalue weighted by molar-refractivity contribution is -0.189. The summed E-state index contributed by atoms with van der Waals surface area (Å²) < 4.78 is 11.5. The lowest BCUT2D eigenvalue weighted by atomic mass is 10.0. The standard InChI is InChI=1S/C52H102O4/c1-4-7-10-13-15-17-19-21-23-25-27-29-31-33-35-37-39-42-44-47-50(53)55-52(49-46-41-12-9-6-3)56-51(54)48-45-43-40-38-36-34-32-30-28-26-24-22-20-18-16-14-11-8-5-2/h52H,4-49H2,1-3H3. The first kappa shape index (κ1) is 54.9. The average molecular weight is 791 g/mol. The van der Waals surface area contributed by atoms with E-state index in [4.69, 9.17) is 9.47 Å². The maximum atomic E-state index is 12.7. The van der Waals surface area contributed by atoms with Crippen LogP contribution < -0.4 is 0 Å². The van der Waals surface area contributed by atoms with Crippen molar-refractivity contribution in [3.8, 4) is 0 Å². The van der Waals surface area contributed by atoms with Crippen LogP contribution in [0.3, 0.4) is 0 Å². The lowest BCUT2D eigenvalue weighted by Crippen LogP contribution is -2.24. The van der Waals surface area contributed by atoms with E-state index < -0.39 is 6.29 Å². The first-order valence-corrected chi connectivity index (χ1v) is 26.0. The fourth-order valence-corrected chi connectivity index (χ4v) is 8.16. The summed E-state index contributed by atoms with van der Waals surface area (Å²) in [6.45, 7) is 6.80. The summed E-state index contributed by atoms with van der Waals surface area (Å²) in [7, 11) is 0. The molecular formula is C52H102O4. The molecule has 0 rings (SSSR count). The summed E-state index contributed by atoms with van der Waals surface area (Å²) in [5.74, 6) is -0.404. The van der Waals surface area contributed by atoms with E-state index in [2.05, 4.69) is 20.8 Å². The second-order valence-electron chi connectivity index (χ2n) is 17.8. The van der Waals surface area contributed by atoms with Gasteiger partial charge in [-0.3, -0.25) is 9.59 Å². The summed E-state index contributed by atoms with van der Waals surface area (Å²) in [4.78, 5) is 25.4. The Bertz CT molecular complexity index is 710. The van der Waals surface area contributed by atoms with Crippen LogP contribution >= 0.6 is 0 Å². The van der Waals surface area contributed by atoms with Gasteiger partial charge in [0, 0.05) is 19.3 Å². The molecule has 0 saturated heterocycles. The minimum Gasteiger partial charge on any atom is -0.425 e. The van der Waals surface area contributed by atoms with Crippen LogP contribution in [-0.4, -0.2) is 18.2 Å². The number of carbonyl (C=O) groups is 2. The predicted molar refractivity (Wildman–Crippen MR) is 245 cm³/mol. The van der Waals surface area contributed by atoms with E-state index in [0.717, 1.165) is 38.5 Å². The molecule has 0 N–H and O–H groups in total. The Morgan fingerprint density at radius 2 is 0.446 bits per heavy atom. The van der Waals surface area contributed by atoms with E-state index in [-0.39, 0.29) is 11.9 Å². The smallest absolute Gasteiger partial charge is 0.308 e. The van der Waals surface area contributed by atoms with Gasteiger partial charge in [-0.25, -0.2) is 0 Å². The monoisotopic (exact) mass is 791 g/mol. The fourth-order valence-electron chi connectivity index (χ4n) is 8.16. The highest BCUT2D eigenvalue weighted by Gasteiger charge is 2.18. The SMILES string of the molecule is CCCCCCCCCCCCCCCCCCCCCC(=O)OC(CCCCCCC)OC(=O)CCCCCCCCCCCCCCCCCCCCC. The average Bonchev–Trinajstić information content (AvgIpc) is 3.19. The summed E-state index contributed by atoms with van der Waals surface area (Å²) in [5.41, 5.74) is 0. The number of rotatable bonds is 48. The van der Waals surface area contributed by atoms with Gasteiger partial charge in [0.05, 0.1) is 0 Å². The quantitative estimate of drug-likeness (QED) is 0.0350. The third-order valence-corrected chi connectivity index (χ3v) is 12.0. The number of hydrogen-bond acceptors (Lipinski definition) is 4. The Labute approximate surface area is 352 Å². The predicted octanol–water partition coefficient (Wildman–Crippen LogP) is 18.4. The Kier molecular flexibility index (Phi) is 47.4. The molecule has 0 saturated carbocycles. The minimum absolute atomic E-state index is 0.202. The molecule has 0 spiro atoms. The fraction of sp³-hybridized carbons (Fsp3) is 0.962. The molecule has 0 aliphatic heterocycles. The van der Waals surface area contributed by atoms with Crippen molar-refractivity contribution >= 4 is 11.9 Å². The van der Waals surface area contributed by atoms with Crippen molar-refractivity contribution in [2.75, 3.05) is 0 Å². The van der Waals surface area contributed by atoms with Gasteiger partial charge in [0.2, 0.25) is 6.29 Å². The zero-order valence-corrected chi connectivity index (χ0v) is 38.7. The molecule has 0 amide bonds. The molecule has 0 heterocycles. The topological polar surface area (TPSA) is 52.6 Å². The third kappa shape index (κ3) is 45.6. The molecule has 0 bridgehead atoms. The third-order valence-electron chi connectivity index (χ3n) is 12.0. The van der Waals surface area contributed by atoms with Gasteiger partial charge in [-0.05, 0) is 19.3 Å². The summed E-state index contributed by atoms with van der Waals surface area (Å²) in [5, 5.41) is 0. The lowest BCUT2D eigenvalue weighted by Gasteiger charge is -2.18. The van der Waals surface area contributed by atoms with Gasteiger partial charge in [-0.2, -0.15) is 0 Å². The van der Waals surface area contributed by atoms with Crippen molar-refractivity contribution in [1.29, 1.82) is 0 Å². The second-order valence-corrected chi connectivity index (χ2v) is 17.8. The zero-order chi connectivity index (χ0) is 40.7. The summed E-state index contributed by atoms with van der Waals surface area (Å²) in [6.07, 6.45) is 57.5. The Morgan fingerprint density at radius 1 is 0.268 bits per heavy atom. The number of unbranched alkanes of at least 4 members (excludes halogenated alkanes) is 40. The molecule has 0 aromatic rings. The maximum absolute atomic E-state index is 12.7.